The molecule has 0 radical (unpaired) electrons. The van der Waals surface area contributed by atoms with Gasteiger partial charge in [0, 0.05) is 0 Å². The van der Waals surface area contributed by atoms with E-state index in [1.54, 1.807) is 0 Å². The average Bonchev–Trinajstić information content (AvgIpc) is 2.15. The van der Waals surface area contributed by atoms with Crippen molar-refractivity contribution in [1.29, 1.82) is 0 Å². The summed E-state index contributed by atoms with van der Waals surface area (Å²) in [6.45, 7) is 0. The summed E-state index contributed by atoms with van der Waals surface area (Å²) in [7, 11) is 2.14. The molecule has 0 bridgehead atoms. The van der Waals surface area contributed by atoms with Crippen LogP contribution in [0.5, 0.6) is 0 Å². The molecule has 0 amide bonds. The van der Waals surface area contributed by atoms with Gasteiger partial charge in [0.1, 0.15) is 0 Å². The van der Waals surface area contributed by atoms with Crippen molar-refractivity contribution in [2.75, 3.05) is 14.1 Å². The molecule has 8 heteroatoms. The van der Waals surface area contributed by atoms with E-state index < -0.39 is 23.3 Å². The molecule has 0 aliphatic rings. The molecule has 0 rings (SSSR count). The molecule has 0 fully saturated rings. The molecule has 0 heterocycles. The lowest BCUT2D eigenvalue weighted by atomic mass is 10.2. The molecular weight excluding hydrogens is 196 g/mol. The summed E-state index contributed by atoms with van der Waals surface area (Å²) in [6, 6.07) is 0. The van der Waals surface area contributed by atoms with Crippen LogP contribution in [0.3, 0.4) is 0 Å². The van der Waals surface area contributed by atoms with Gasteiger partial charge >= 0.3 is 0 Å². The highest BCUT2D eigenvalue weighted by molar-refractivity contribution is 5.12. The lowest BCUT2D eigenvalue weighted by molar-refractivity contribution is -0.201. The van der Waals surface area contributed by atoms with E-state index in [4.69, 9.17) is 30.6 Å². The zero-order chi connectivity index (χ0) is 11.6. The molecule has 14 heavy (non-hydrogen) atoms. The van der Waals surface area contributed by atoms with E-state index in [9.17, 15) is 0 Å². The summed E-state index contributed by atoms with van der Waals surface area (Å²) < 4.78 is 0. The topological polar surface area (TPSA) is 145 Å². The minimum absolute atomic E-state index is 1.07. The van der Waals surface area contributed by atoms with Gasteiger partial charge in [0.2, 0.25) is 11.5 Å². The third kappa shape index (κ3) is 2.54. The van der Waals surface area contributed by atoms with Gasteiger partial charge in [-0.2, -0.15) is 0 Å². The Kier molecular flexibility index (Phi) is 3.82. The quantitative estimate of drug-likeness (QED) is 0.181. The Bertz CT molecular complexity index is 212. The van der Waals surface area contributed by atoms with Crippen LogP contribution in [0.2, 0.25) is 0 Å². The summed E-state index contributed by atoms with van der Waals surface area (Å²) in [5.74, 6) is -8.76. The Morgan fingerprint density at radius 2 is 1.00 bits per heavy atom. The van der Waals surface area contributed by atoms with Gasteiger partial charge in [-0.15, -0.1) is 0 Å². The van der Waals surface area contributed by atoms with E-state index in [-0.39, 0.29) is 0 Å². The van der Waals surface area contributed by atoms with Gasteiger partial charge in [-0.05, 0) is 14.1 Å². The Morgan fingerprint density at radius 1 is 0.786 bits per heavy atom. The SMILES string of the molecule is CNC(O)(O)/C(O)=C(\O)C(O)(O)NC. The van der Waals surface area contributed by atoms with E-state index in [1.807, 2.05) is 10.6 Å². The van der Waals surface area contributed by atoms with E-state index in [1.165, 1.54) is 0 Å². The first kappa shape index (κ1) is 13.1. The first-order valence-electron chi connectivity index (χ1n) is 3.59. The number of nitrogens with one attached hydrogen (secondary N) is 2. The van der Waals surface area contributed by atoms with Crippen molar-refractivity contribution in [3.05, 3.63) is 11.5 Å². The molecule has 0 aliphatic heterocycles. The van der Waals surface area contributed by atoms with Gasteiger partial charge in [0.05, 0.1) is 0 Å². The van der Waals surface area contributed by atoms with E-state index in [0.29, 0.717) is 0 Å². The second-order valence-corrected chi connectivity index (χ2v) is 2.54. The van der Waals surface area contributed by atoms with E-state index in [2.05, 4.69) is 0 Å². The maximum absolute atomic E-state index is 9.02. The Labute approximate surface area is 79.7 Å². The van der Waals surface area contributed by atoms with Crippen LogP contribution in [0.15, 0.2) is 11.5 Å². The van der Waals surface area contributed by atoms with Crippen LogP contribution in [0, 0.1) is 0 Å². The fraction of sp³-hybridized carbons (Fsp3) is 0.667. The maximum Gasteiger partial charge on any atom is 0.287 e. The number of rotatable bonds is 4. The van der Waals surface area contributed by atoms with Crippen molar-refractivity contribution in [1.82, 2.24) is 10.6 Å². The van der Waals surface area contributed by atoms with Gasteiger partial charge in [-0.3, -0.25) is 10.6 Å². The fourth-order valence-corrected chi connectivity index (χ4v) is 0.567. The first-order valence-corrected chi connectivity index (χ1v) is 3.59. The van der Waals surface area contributed by atoms with Gasteiger partial charge in [-0.1, -0.05) is 0 Å². The molecule has 84 valence electrons. The zero-order valence-corrected chi connectivity index (χ0v) is 7.68. The monoisotopic (exact) mass is 210 g/mol. The predicted molar refractivity (Wildman–Crippen MR) is 44.7 cm³/mol. The molecule has 8 nitrogen and oxygen atoms in total. The van der Waals surface area contributed by atoms with Crippen LogP contribution in [0.25, 0.3) is 0 Å². The number of aliphatic hydroxyl groups is 6. The highest BCUT2D eigenvalue weighted by Crippen LogP contribution is 2.16. The van der Waals surface area contributed by atoms with Crippen molar-refractivity contribution in [2.24, 2.45) is 0 Å². The number of hydrogen-bond acceptors (Lipinski definition) is 8. The van der Waals surface area contributed by atoms with Crippen LogP contribution < -0.4 is 10.6 Å². The molecule has 0 aromatic carbocycles. The maximum atomic E-state index is 9.02. The molecule has 0 saturated heterocycles. The Hall–Kier alpha value is -0.900. The number of likely N-dealkylation sites (N-methyl/N-ethyl adjacent to an activating group) is 2. The fourth-order valence-electron chi connectivity index (χ4n) is 0.567. The van der Waals surface area contributed by atoms with Gasteiger partial charge in [0.15, 0.2) is 0 Å². The summed E-state index contributed by atoms with van der Waals surface area (Å²) in [6.07, 6.45) is 0. The van der Waals surface area contributed by atoms with Crippen molar-refractivity contribution in [3.63, 3.8) is 0 Å². The third-order valence-corrected chi connectivity index (χ3v) is 1.58. The van der Waals surface area contributed by atoms with Crippen LogP contribution in [-0.2, 0) is 0 Å². The van der Waals surface area contributed by atoms with Crippen molar-refractivity contribution >= 4 is 0 Å². The summed E-state index contributed by atoms with van der Waals surface area (Å²) in [5.41, 5.74) is 0. The number of aliphatic hydroxyl groups excluding tert-OH is 2. The minimum Gasteiger partial charge on any atom is -0.503 e. The summed E-state index contributed by atoms with van der Waals surface area (Å²) in [5, 5.41) is 57.5. The second kappa shape index (κ2) is 4.09. The smallest absolute Gasteiger partial charge is 0.287 e. The van der Waals surface area contributed by atoms with E-state index >= 15 is 0 Å². The van der Waals surface area contributed by atoms with Crippen molar-refractivity contribution < 1.29 is 30.6 Å². The highest BCUT2D eigenvalue weighted by Gasteiger charge is 2.38. The van der Waals surface area contributed by atoms with Crippen molar-refractivity contribution in [2.45, 2.75) is 11.8 Å². The first-order chi connectivity index (χ1) is 6.19. The largest absolute Gasteiger partial charge is 0.503 e. The minimum atomic E-state index is -2.95. The van der Waals surface area contributed by atoms with Crippen molar-refractivity contribution in [3.8, 4) is 0 Å². The van der Waals surface area contributed by atoms with Crippen LogP contribution in [-0.4, -0.2) is 56.6 Å². The molecule has 0 spiro atoms. The van der Waals surface area contributed by atoms with Gasteiger partial charge in [-0.25, -0.2) is 0 Å². The molecule has 0 atom stereocenters. The molecule has 0 aliphatic carbocycles. The molecule has 0 unspecified atom stereocenters. The Morgan fingerprint density at radius 3 is 1.14 bits per heavy atom. The van der Waals surface area contributed by atoms with Gasteiger partial charge in [0.25, 0.3) is 11.8 Å². The molecule has 0 saturated carbocycles. The Balaban J connectivity index is 5.12. The second-order valence-electron chi connectivity index (χ2n) is 2.54. The lowest BCUT2D eigenvalue weighted by Crippen LogP contribution is -2.51. The predicted octanol–water partition coefficient (Wildman–Crippen LogP) is -2.97. The van der Waals surface area contributed by atoms with Crippen LogP contribution >= 0.6 is 0 Å². The third-order valence-electron chi connectivity index (χ3n) is 1.58. The normalized spacial score (nSPS) is 15.3. The molecule has 0 aromatic heterocycles. The molecule has 0 aromatic rings. The number of hydrogen-bond donors (Lipinski definition) is 8. The van der Waals surface area contributed by atoms with Crippen LogP contribution in [0.1, 0.15) is 0 Å². The van der Waals surface area contributed by atoms with Gasteiger partial charge < -0.3 is 30.6 Å². The van der Waals surface area contributed by atoms with Crippen LogP contribution in [0.4, 0.5) is 0 Å². The summed E-state index contributed by atoms with van der Waals surface area (Å²) in [4.78, 5) is 0. The zero-order valence-electron chi connectivity index (χ0n) is 7.68. The standard InChI is InChI=1S/C6H14N2O6/c1-7-5(11,12)3(9)4(10)6(13,14)8-2/h7-14H,1-2H3/b4-3+. The summed E-state index contributed by atoms with van der Waals surface area (Å²) >= 11 is 0. The molecular formula is C6H14N2O6. The average molecular weight is 210 g/mol. The van der Waals surface area contributed by atoms with E-state index in [0.717, 1.165) is 14.1 Å². The highest BCUT2D eigenvalue weighted by atomic mass is 16.6. The molecule has 8 N–H and O–H groups in total. The lowest BCUT2D eigenvalue weighted by Gasteiger charge is -2.25.